The van der Waals surface area contributed by atoms with E-state index in [0.29, 0.717) is 10.1 Å². The quantitative estimate of drug-likeness (QED) is 0.854. The molecule has 1 aromatic heterocycles. The summed E-state index contributed by atoms with van der Waals surface area (Å²) in [4.78, 5) is 26.9. The van der Waals surface area contributed by atoms with Crippen LogP contribution in [0.3, 0.4) is 0 Å². The summed E-state index contributed by atoms with van der Waals surface area (Å²) in [5.74, 6) is 0.634. The predicted octanol–water partition coefficient (Wildman–Crippen LogP) is 1.89. The van der Waals surface area contributed by atoms with Gasteiger partial charge in [0.05, 0.1) is 10.4 Å². The minimum Gasteiger partial charge on any atom is -0.367 e. The zero-order chi connectivity index (χ0) is 15.7. The number of fused-ring (bicyclic) bond motifs is 1. The fourth-order valence-corrected chi connectivity index (χ4v) is 2.94. The van der Waals surface area contributed by atoms with E-state index in [1.54, 1.807) is 13.4 Å². The molecule has 3 rings (SSSR count). The van der Waals surface area contributed by atoms with Crippen molar-refractivity contribution >= 4 is 45.6 Å². The zero-order valence-corrected chi connectivity index (χ0v) is 13.3. The van der Waals surface area contributed by atoms with E-state index < -0.39 is 0 Å². The lowest BCUT2D eigenvalue weighted by atomic mass is 10.1. The second kappa shape index (κ2) is 5.76. The van der Waals surface area contributed by atoms with Crippen LogP contribution >= 0.6 is 11.8 Å². The second-order valence-electron chi connectivity index (χ2n) is 4.95. The van der Waals surface area contributed by atoms with Gasteiger partial charge in [-0.15, -0.1) is 0 Å². The van der Waals surface area contributed by atoms with Crippen molar-refractivity contribution in [1.82, 2.24) is 15.3 Å². The maximum Gasteiger partial charge on any atom is 0.286 e. The van der Waals surface area contributed by atoms with E-state index in [-0.39, 0.29) is 5.91 Å². The number of thioether (sulfide) groups is 1. The predicted molar refractivity (Wildman–Crippen MR) is 90.9 cm³/mol. The number of hydrogen-bond acceptors (Lipinski definition) is 6. The van der Waals surface area contributed by atoms with Crippen molar-refractivity contribution in [2.75, 3.05) is 26.0 Å². The Hall–Kier alpha value is -2.41. The lowest BCUT2D eigenvalue weighted by molar-refractivity contribution is -0.113. The highest BCUT2D eigenvalue weighted by molar-refractivity contribution is 8.18. The third-order valence-electron chi connectivity index (χ3n) is 3.19. The number of nitrogens with one attached hydrogen (secondary N) is 1. The van der Waals surface area contributed by atoms with Gasteiger partial charge in [0.2, 0.25) is 0 Å². The minimum atomic E-state index is -0.216. The summed E-state index contributed by atoms with van der Waals surface area (Å²) in [6, 6.07) is 5.86. The number of hydrogen-bond donors (Lipinski definition) is 1. The topological polar surface area (TPSA) is 70.5 Å². The van der Waals surface area contributed by atoms with E-state index in [4.69, 9.17) is 0 Å². The van der Waals surface area contributed by atoms with Gasteiger partial charge in [-0.2, -0.15) is 4.99 Å². The Balaban J connectivity index is 2.03. The molecule has 1 aromatic carbocycles. The van der Waals surface area contributed by atoms with E-state index >= 15 is 0 Å². The highest BCUT2D eigenvalue weighted by Gasteiger charge is 2.20. The van der Waals surface area contributed by atoms with Crippen molar-refractivity contribution in [1.29, 1.82) is 0 Å². The van der Waals surface area contributed by atoms with Gasteiger partial charge < -0.3 is 10.2 Å². The van der Waals surface area contributed by atoms with Gasteiger partial charge in [0.15, 0.2) is 5.17 Å². The molecular weight excluding hydrogens is 298 g/mol. The first kappa shape index (κ1) is 14.5. The van der Waals surface area contributed by atoms with Crippen LogP contribution in [0.15, 0.2) is 34.4 Å². The molecule has 0 saturated heterocycles. The number of anilines is 1. The normalized spacial score (nSPS) is 16.2. The van der Waals surface area contributed by atoms with Gasteiger partial charge in [0.25, 0.3) is 5.91 Å². The van der Waals surface area contributed by atoms with Gasteiger partial charge in [-0.3, -0.25) is 4.79 Å². The standard InChI is InChI=1S/C15H15N5OS/c1-16-15-19-14(21)12(22-15)7-9-4-5-11-10(6-9)13(20(2)3)18-8-17-11/h4-8H,1-3H3,(H,16,19,21). The number of aromatic nitrogens is 2. The first-order valence-electron chi connectivity index (χ1n) is 6.71. The molecule has 6 nitrogen and oxygen atoms in total. The Kier molecular flexibility index (Phi) is 3.81. The van der Waals surface area contributed by atoms with Gasteiger partial charge in [0, 0.05) is 26.5 Å². The molecule has 0 saturated carbocycles. The molecule has 1 aliphatic rings. The average Bonchev–Trinajstić information content (AvgIpc) is 2.86. The van der Waals surface area contributed by atoms with Crippen LogP contribution in [0, 0.1) is 0 Å². The summed E-state index contributed by atoms with van der Waals surface area (Å²) in [6.45, 7) is 0. The summed E-state index contributed by atoms with van der Waals surface area (Å²) < 4.78 is 0. The molecule has 1 N–H and O–H groups in total. The molecule has 22 heavy (non-hydrogen) atoms. The van der Waals surface area contributed by atoms with E-state index in [9.17, 15) is 4.79 Å². The molecular formula is C15H15N5OS. The van der Waals surface area contributed by atoms with Crippen molar-refractivity contribution in [2.24, 2.45) is 4.99 Å². The van der Waals surface area contributed by atoms with Crippen LogP contribution in [-0.4, -0.2) is 42.2 Å². The van der Waals surface area contributed by atoms with Crippen molar-refractivity contribution < 1.29 is 4.79 Å². The van der Waals surface area contributed by atoms with Gasteiger partial charge >= 0.3 is 0 Å². The molecule has 1 aliphatic heterocycles. The molecule has 0 radical (unpaired) electrons. The second-order valence-corrected chi connectivity index (χ2v) is 5.98. The fraction of sp³-hybridized carbons (Fsp3) is 0.200. The molecule has 1 amide bonds. The van der Waals surface area contributed by atoms with Crippen LogP contribution in [0.25, 0.3) is 17.0 Å². The Morgan fingerprint density at radius 1 is 1.27 bits per heavy atom. The smallest absolute Gasteiger partial charge is 0.286 e. The zero-order valence-electron chi connectivity index (χ0n) is 12.5. The van der Waals surface area contributed by atoms with Crippen molar-refractivity contribution in [3.8, 4) is 0 Å². The Morgan fingerprint density at radius 2 is 2.09 bits per heavy atom. The van der Waals surface area contributed by atoms with Crippen molar-refractivity contribution in [3.63, 3.8) is 0 Å². The number of rotatable bonds is 2. The number of aliphatic imine (C=N–C) groups is 1. The Morgan fingerprint density at radius 3 is 2.77 bits per heavy atom. The van der Waals surface area contributed by atoms with Crippen LogP contribution in [0.4, 0.5) is 5.82 Å². The van der Waals surface area contributed by atoms with E-state index in [1.807, 2.05) is 43.3 Å². The van der Waals surface area contributed by atoms with Crippen molar-refractivity contribution in [3.05, 3.63) is 35.0 Å². The fourth-order valence-electron chi connectivity index (χ4n) is 2.17. The lowest BCUT2D eigenvalue weighted by Gasteiger charge is -2.13. The molecule has 0 atom stereocenters. The van der Waals surface area contributed by atoms with E-state index in [1.165, 1.54) is 11.8 Å². The largest absolute Gasteiger partial charge is 0.367 e. The number of carbonyl (C=O) groups excluding carboxylic acids is 1. The monoisotopic (exact) mass is 313 g/mol. The first-order valence-corrected chi connectivity index (χ1v) is 7.52. The van der Waals surface area contributed by atoms with Crippen LogP contribution < -0.4 is 10.2 Å². The summed E-state index contributed by atoms with van der Waals surface area (Å²) >= 11 is 1.34. The number of amides is 1. The molecule has 2 aromatic rings. The first-order chi connectivity index (χ1) is 10.6. The summed E-state index contributed by atoms with van der Waals surface area (Å²) in [5.41, 5.74) is 1.80. The maximum absolute atomic E-state index is 11.8. The van der Waals surface area contributed by atoms with Gasteiger partial charge in [0.1, 0.15) is 12.1 Å². The Labute approximate surface area is 132 Å². The summed E-state index contributed by atoms with van der Waals surface area (Å²) in [6.07, 6.45) is 3.39. The summed E-state index contributed by atoms with van der Waals surface area (Å²) in [7, 11) is 5.63. The highest BCUT2D eigenvalue weighted by atomic mass is 32.2. The van der Waals surface area contributed by atoms with Crippen LogP contribution in [-0.2, 0) is 4.79 Å². The molecule has 112 valence electrons. The van der Waals surface area contributed by atoms with Crippen LogP contribution in [0.2, 0.25) is 0 Å². The number of carbonyl (C=O) groups is 1. The molecule has 0 bridgehead atoms. The summed E-state index contributed by atoms with van der Waals surface area (Å²) in [5, 5.41) is 4.46. The molecule has 0 aliphatic carbocycles. The number of benzene rings is 1. The SMILES string of the molecule is CNC1=NC(=O)C(=Cc2ccc3ncnc(N(C)C)c3c2)S1. The number of amidine groups is 1. The van der Waals surface area contributed by atoms with Crippen LogP contribution in [0.5, 0.6) is 0 Å². The maximum atomic E-state index is 11.8. The Bertz CT molecular complexity index is 813. The number of nitrogens with zero attached hydrogens (tertiary/aromatic N) is 4. The van der Waals surface area contributed by atoms with E-state index in [2.05, 4.69) is 20.3 Å². The highest BCUT2D eigenvalue weighted by Crippen LogP contribution is 2.29. The molecule has 0 fully saturated rings. The van der Waals surface area contributed by atoms with Gasteiger partial charge in [-0.1, -0.05) is 6.07 Å². The third-order valence-corrected chi connectivity index (χ3v) is 4.20. The molecule has 0 spiro atoms. The third kappa shape index (κ3) is 2.67. The minimum absolute atomic E-state index is 0.216. The van der Waals surface area contributed by atoms with Gasteiger partial charge in [-0.25, -0.2) is 9.97 Å². The molecule has 7 heteroatoms. The molecule has 2 heterocycles. The average molecular weight is 313 g/mol. The van der Waals surface area contributed by atoms with E-state index in [0.717, 1.165) is 22.3 Å². The molecule has 0 unspecified atom stereocenters. The van der Waals surface area contributed by atoms with Crippen LogP contribution in [0.1, 0.15) is 5.56 Å². The lowest BCUT2D eigenvalue weighted by Crippen LogP contribution is -2.11. The van der Waals surface area contributed by atoms with Crippen molar-refractivity contribution in [2.45, 2.75) is 0 Å². The van der Waals surface area contributed by atoms with Gasteiger partial charge in [-0.05, 0) is 35.5 Å².